The number of hydrogen-bond acceptors (Lipinski definition) is 4. The van der Waals surface area contributed by atoms with Crippen LogP contribution in [0.15, 0.2) is 24.3 Å². The molecule has 0 atom stereocenters. The molecule has 1 aliphatic heterocycles. The molecule has 1 aliphatic rings. The van der Waals surface area contributed by atoms with E-state index in [0.29, 0.717) is 5.69 Å². The van der Waals surface area contributed by atoms with Crippen LogP contribution in [0.3, 0.4) is 0 Å². The molecule has 1 aromatic rings. The summed E-state index contributed by atoms with van der Waals surface area (Å²) >= 11 is 0. The standard InChI is InChI=1S/C16H19N3O4/c1-11-3-5-12(6-4-11)17-13(20)9-18(2)16(23)10-19-14(21)7-8-15(19)22/h3-6H,7-10H2,1-2H3,(H,17,20). The maximum Gasteiger partial charge on any atom is 0.243 e. The molecule has 0 radical (unpaired) electrons. The summed E-state index contributed by atoms with van der Waals surface area (Å²) in [4.78, 5) is 49.1. The van der Waals surface area contributed by atoms with E-state index in [1.807, 2.05) is 19.1 Å². The van der Waals surface area contributed by atoms with Gasteiger partial charge in [0.15, 0.2) is 0 Å². The van der Waals surface area contributed by atoms with Crippen LogP contribution in [-0.4, -0.2) is 53.6 Å². The number of carbonyl (C=O) groups excluding carboxylic acids is 4. The second-order valence-electron chi connectivity index (χ2n) is 5.54. The zero-order chi connectivity index (χ0) is 17.0. The van der Waals surface area contributed by atoms with Gasteiger partial charge in [-0.2, -0.15) is 0 Å². The second-order valence-corrected chi connectivity index (χ2v) is 5.54. The van der Waals surface area contributed by atoms with Crippen LogP contribution >= 0.6 is 0 Å². The van der Waals surface area contributed by atoms with Gasteiger partial charge in [0.1, 0.15) is 6.54 Å². The highest BCUT2D eigenvalue weighted by Gasteiger charge is 2.31. The number of amides is 4. The van der Waals surface area contributed by atoms with Crippen LogP contribution < -0.4 is 5.32 Å². The molecule has 7 heteroatoms. The highest BCUT2D eigenvalue weighted by Crippen LogP contribution is 2.12. The van der Waals surface area contributed by atoms with Crippen LogP contribution in [0, 0.1) is 6.92 Å². The Morgan fingerprint density at radius 2 is 1.70 bits per heavy atom. The quantitative estimate of drug-likeness (QED) is 0.803. The van der Waals surface area contributed by atoms with Gasteiger partial charge in [0, 0.05) is 25.6 Å². The lowest BCUT2D eigenvalue weighted by atomic mass is 10.2. The van der Waals surface area contributed by atoms with E-state index in [2.05, 4.69) is 5.32 Å². The minimum Gasteiger partial charge on any atom is -0.335 e. The number of nitrogens with one attached hydrogen (secondary N) is 1. The first-order chi connectivity index (χ1) is 10.9. The van der Waals surface area contributed by atoms with Gasteiger partial charge in [-0.3, -0.25) is 24.1 Å². The van der Waals surface area contributed by atoms with E-state index in [9.17, 15) is 19.2 Å². The van der Waals surface area contributed by atoms with Gasteiger partial charge in [-0.15, -0.1) is 0 Å². The molecule has 0 unspecified atom stereocenters. The maximum atomic E-state index is 12.0. The Hall–Kier alpha value is -2.70. The van der Waals surface area contributed by atoms with Crippen molar-refractivity contribution in [1.82, 2.24) is 9.80 Å². The van der Waals surface area contributed by atoms with Crippen LogP contribution in [0.4, 0.5) is 5.69 Å². The van der Waals surface area contributed by atoms with Gasteiger partial charge < -0.3 is 10.2 Å². The van der Waals surface area contributed by atoms with E-state index < -0.39 is 5.91 Å². The number of benzene rings is 1. The Labute approximate surface area is 134 Å². The van der Waals surface area contributed by atoms with Gasteiger partial charge in [-0.1, -0.05) is 17.7 Å². The molecule has 122 valence electrons. The van der Waals surface area contributed by atoms with E-state index in [-0.39, 0.29) is 43.7 Å². The van der Waals surface area contributed by atoms with Crippen LogP contribution in [-0.2, 0) is 19.2 Å². The Kier molecular flexibility index (Phi) is 5.10. The first kappa shape index (κ1) is 16.7. The molecule has 1 fully saturated rings. The first-order valence-corrected chi connectivity index (χ1v) is 7.30. The van der Waals surface area contributed by atoms with Crippen molar-refractivity contribution in [3.05, 3.63) is 29.8 Å². The molecule has 1 aromatic carbocycles. The molecule has 0 aromatic heterocycles. The normalized spacial score (nSPS) is 14.1. The number of likely N-dealkylation sites (N-methyl/N-ethyl adjacent to an activating group) is 1. The van der Waals surface area contributed by atoms with Crippen LogP contribution in [0.2, 0.25) is 0 Å². The zero-order valence-corrected chi connectivity index (χ0v) is 13.2. The number of nitrogens with zero attached hydrogens (tertiary/aromatic N) is 2. The van der Waals surface area contributed by atoms with Crippen molar-refractivity contribution in [2.45, 2.75) is 19.8 Å². The molecule has 23 heavy (non-hydrogen) atoms. The molecule has 4 amide bonds. The van der Waals surface area contributed by atoms with Crippen molar-refractivity contribution < 1.29 is 19.2 Å². The van der Waals surface area contributed by atoms with Crippen molar-refractivity contribution in [3.63, 3.8) is 0 Å². The topological polar surface area (TPSA) is 86.8 Å². The summed E-state index contributed by atoms with van der Waals surface area (Å²) in [6.07, 6.45) is 0.285. The van der Waals surface area contributed by atoms with E-state index in [0.717, 1.165) is 10.5 Å². The Bertz CT molecular complexity index is 623. The summed E-state index contributed by atoms with van der Waals surface area (Å²) in [5.74, 6) is -1.49. The molecule has 0 bridgehead atoms. The molecular weight excluding hydrogens is 298 g/mol. The number of carbonyl (C=O) groups is 4. The van der Waals surface area contributed by atoms with E-state index in [4.69, 9.17) is 0 Å². The lowest BCUT2D eigenvalue weighted by molar-refractivity contribution is -0.145. The summed E-state index contributed by atoms with van der Waals surface area (Å²) in [7, 11) is 1.46. The van der Waals surface area contributed by atoms with Gasteiger partial charge in [-0.25, -0.2) is 0 Å². The predicted molar refractivity (Wildman–Crippen MR) is 83.4 cm³/mol. The molecule has 0 spiro atoms. The highest BCUT2D eigenvalue weighted by molar-refractivity contribution is 6.04. The van der Waals surface area contributed by atoms with Crippen molar-refractivity contribution in [2.75, 3.05) is 25.5 Å². The number of anilines is 1. The Morgan fingerprint density at radius 3 is 2.26 bits per heavy atom. The fourth-order valence-corrected chi connectivity index (χ4v) is 2.20. The maximum absolute atomic E-state index is 12.0. The van der Waals surface area contributed by atoms with Crippen molar-refractivity contribution >= 4 is 29.3 Å². The number of aryl methyl sites for hydroxylation is 1. The van der Waals surface area contributed by atoms with Crippen LogP contribution in [0.1, 0.15) is 18.4 Å². The third kappa shape index (κ3) is 4.38. The van der Waals surface area contributed by atoms with E-state index >= 15 is 0 Å². The minimum absolute atomic E-state index is 0.143. The molecular formula is C16H19N3O4. The lowest BCUT2D eigenvalue weighted by Gasteiger charge is -2.20. The second kappa shape index (κ2) is 7.04. The summed E-state index contributed by atoms with van der Waals surface area (Å²) in [5.41, 5.74) is 1.72. The smallest absolute Gasteiger partial charge is 0.243 e. The van der Waals surface area contributed by atoms with Gasteiger partial charge in [-0.05, 0) is 19.1 Å². The monoisotopic (exact) mass is 317 g/mol. The largest absolute Gasteiger partial charge is 0.335 e. The van der Waals surface area contributed by atoms with Gasteiger partial charge in [0.2, 0.25) is 23.6 Å². The van der Waals surface area contributed by atoms with Crippen LogP contribution in [0.25, 0.3) is 0 Å². The summed E-state index contributed by atoms with van der Waals surface area (Å²) < 4.78 is 0. The average molecular weight is 317 g/mol. The Balaban J connectivity index is 1.85. The van der Waals surface area contributed by atoms with Gasteiger partial charge in [0.05, 0.1) is 6.54 Å². The third-order valence-corrected chi connectivity index (χ3v) is 3.59. The molecule has 2 rings (SSSR count). The highest BCUT2D eigenvalue weighted by atomic mass is 16.2. The number of rotatable bonds is 5. The fourth-order valence-electron chi connectivity index (χ4n) is 2.20. The average Bonchev–Trinajstić information content (AvgIpc) is 2.81. The SMILES string of the molecule is Cc1ccc(NC(=O)CN(C)C(=O)CN2C(=O)CCC2=O)cc1. The summed E-state index contributed by atoms with van der Waals surface area (Å²) in [6.45, 7) is 1.48. The first-order valence-electron chi connectivity index (χ1n) is 7.30. The van der Waals surface area contributed by atoms with Crippen molar-refractivity contribution in [2.24, 2.45) is 0 Å². The zero-order valence-electron chi connectivity index (χ0n) is 13.2. The summed E-state index contributed by atoms with van der Waals surface area (Å²) in [6, 6.07) is 7.29. The third-order valence-electron chi connectivity index (χ3n) is 3.59. The molecule has 1 saturated heterocycles. The lowest BCUT2D eigenvalue weighted by Crippen LogP contribution is -2.43. The van der Waals surface area contributed by atoms with Crippen molar-refractivity contribution in [1.29, 1.82) is 0 Å². The molecule has 0 saturated carbocycles. The van der Waals surface area contributed by atoms with Gasteiger partial charge >= 0.3 is 0 Å². The fraction of sp³-hybridized carbons (Fsp3) is 0.375. The molecule has 7 nitrogen and oxygen atoms in total. The number of imide groups is 1. The van der Waals surface area contributed by atoms with Crippen molar-refractivity contribution in [3.8, 4) is 0 Å². The van der Waals surface area contributed by atoms with Gasteiger partial charge in [0.25, 0.3) is 0 Å². The molecule has 1 N–H and O–H groups in total. The Morgan fingerprint density at radius 1 is 1.13 bits per heavy atom. The van der Waals surface area contributed by atoms with Crippen LogP contribution in [0.5, 0.6) is 0 Å². The molecule has 0 aliphatic carbocycles. The van der Waals surface area contributed by atoms with E-state index in [1.54, 1.807) is 12.1 Å². The predicted octanol–water partition coefficient (Wildman–Crippen LogP) is 0.541. The van der Waals surface area contributed by atoms with E-state index in [1.165, 1.54) is 11.9 Å². The number of likely N-dealkylation sites (tertiary alicyclic amines) is 1. The number of hydrogen-bond donors (Lipinski definition) is 1. The molecule has 1 heterocycles. The minimum atomic E-state index is -0.451. The summed E-state index contributed by atoms with van der Waals surface area (Å²) in [5, 5.41) is 2.69.